The van der Waals surface area contributed by atoms with Gasteiger partial charge in [-0.3, -0.25) is 0 Å². The molecule has 0 bridgehead atoms. The van der Waals surface area contributed by atoms with Crippen LogP contribution in [0.25, 0.3) is 0 Å². The Morgan fingerprint density at radius 3 is 2.63 bits per heavy atom. The highest BCUT2D eigenvalue weighted by molar-refractivity contribution is 7.89. The molecule has 0 amide bonds. The van der Waals surface area contributed by atoms with Crippen LogP contribution in [-0.4, -0.2) is 39.7 Å². The van der Waals surface area contributed by atoms with Gasteiger partial charge in [0.2, 0.25) is 10.0 Å². The van der Waals surface area contributed by atoms with Gasteiger partial charge in [0.15, 0.2) is 0 Å². The van der Waals surface area contributed by atoms with Gasteiger partial charge in [0.05, 0.1) is 13.7 Å². The van der Waals surface area contributed by atoms with Crippen LogP contribution < -0.4 is 15.2 Å². The van der Waals surface area contributed by atoms with Crippen LogP contribution in [0.2, 0.25) is 0 Å². The van der Waals surface area contributed by atoms with E-state index >= 15 is 0 Å². The second-order valence-corrected chi connectivity index (χ2v) is 5.48. The number of ether oxygens (including phenoxy) is 1. The van der Waals surface area contributed by atoms with Gasteiger partial charge in [-0.15, -0.1) is 0 Å². The van der Waals surface area contributed by atoms with Crippen molar-refractivity contribution in [3.63, 3.8) is 0 Å². The molecule has 0 aliphatic carbocycles. The lowest BCUT2D eigenvalue weighted by molar-refractivity contribution is -0.0437. The van der Waals surface area contributed by atoms with Crippen LogP contribution in [0.1, 0.15) is 0 Å². The Morgan fingerprint density at radius 2 is 2.11 bits per heavy atom. The number of nitrogens with one attached hydrogen (secondary N) is 1. The first-order chi connectivity index (χ1) is 8.72. The first-order valence-corrected chi connectivity index (χ1v) is 6.62. The van der Waals surface area contributed by atoms with Crippen molar-refractivity contribution < 1.29 is 27.0 Å². The molecule has 19 heavy (non-hydrogen) atoms. The van der Waals surface area contributed by atoms with Crippen LogP contribution in [0.15, 0.2) is 23.1 Å². The number of hydrogen-bond acceptors (Lipinski definition) is 5. The van der Waals surface area contributed by atoms with E-state index in [0.29, 0.717) is 0 Å². The molecule has 0 aliphatic rings. The van der Waals surface area contributed by atoms with Crippen molar-refractivity contribution in [3.05, 3.63) is 18.2 Å². The van der Waals surface area contributed by atoms with E-state index in [4.69, 9.17) is 15.6 Å². The summed E-state index contributed by atoms with van der Waals surface area (Å²) in [7, 11) is -2.95. The summed E-state index contributed by atoms with van der Waals surface area (Å²) in [5.41, 5.74) is 5.74. The molecule has 0 saturated heterocycles. The van der Waals surface area contributed by atoms with Crippen LogP contribution in [0.3, 0.4) is 0 Å². The number of aliphatic hydroxyl groups is 1. The molecule has 1 aromatic rings. The minimum Gasteiger partial charge on any atom is -0.495 e. The summed E-state index contributed by atoms with van der Waals surface area (Å²) >= 11 is 0. The van der Waals surface area contributed by atoms with E-state index in [2.05, 4.69) is 0 Å². The van der Waals surface area contributed by atoms with Crippen molar-refractivity contribution in [1.29, 1.82) is 0 Å². The Balaban J connectivity index is 3.01. The van der Waals surface area contributed by atoms with E-state index in [1.807, 2.05) is 0 Å². The Labute approximate surface area is 109 Å². The lowest BCUT2D eigenvalue weighted by atomic mass is 10.3. The molecule has 4 N–H and O–H groups in total. The third kappa shape index (κ3) is 4.01. The highest BCUT2D eigenvalue weighted by Crippen LogP contribution is 2.26. The van der Waals surface area contributed by atoms with Gasteiger partial charge < -0.3 is 15.6 Å². The number of anilines is 1. The van der Waals surface area contributed by atoms with Crippen LogP contribution in [0, 0.1) is 0 Å². The van der Waals surface area contributed by atoms with Gasteiger partial charge in [-0.1, -0.05) is 0 Å². The number of sulfonamides is 1. The Hall–Kier alpha value is -1.45. The lowest BCUT2D eigenvalue weighted by Crippen LogP contribution is -2.39. The second kappa shape index (κ2) is 5.68. The summed E-state index contributed by atoms with van der Waals surface area (Å²) in [6.45, 7) is -2.66. The number of aliphatic hydroxyl groups excluding tert-OH is 1. The van der Waals surface area contributed by atoms with Gasteiger partial charge in [-0.05, 0) is 12.1 Å². The second-order valence-electron chi connectivity index (χ2n) is 3.75. The Morgan fingerprint density at radius 1 is 1.47 bits per heavy atom. The van der Waals surface area contributed by atoms with Crippen LogP contribution in [0.5, 0.6) is 5.75 Å². The smallest absolute Gasteiger partial charge is 0.283 e. The van der Waals surface area contributed by atoms with E-state index in [0.717, 1.165) is 6.07 Å². The third-order valence-corrected chi connectivity index (χ3v) is 3.67. The fourth-order valence-electron chi connectivity index (χ4n) is 1.24. The summed E-state index contributed by atoms with van der Waals surface area (Å²) in [6, 6.07) is 3.72. The standard InChI is InChI=1S/C10H14F2N2O4S/c1-18-8-4-7(13)2-3-9(8)19(16,17)14-5-10(11,12)6-15/h2-4,14-15H,5-6,13H2,1H3. The van der Waals surface area contributed by atoms with E-state index in [1.54, 1.807) is 4.72 Å². The van der Waals surface area contributed by atoms with E-state index < -0.39 is 29.1 Å². The first-order valence-electron chi connectivity index (χ1n) is 5.14. The molecular weight excluding hydrogens is 282 g/mol. The zero-order chi connectivity index (χ0) is 14.7. The van der Waals surface area contributed by atoms with Crippen molar-refractivity contribution >= 4 is 15.7 Å². The fraction of sp³-hybridized carbons (Fsp3) is 0.400. The molecule has 0 aliphatic heterocycles. The molecular formula is C10H14F2N2O4S. The van der Waals surface area contributed by atoms with Crippen molar-refractivity contribution in [1.82, 2.24) is 4.72 Å². The molecule has 0 fully saturated rings. The number of benzene rings is 1. The summed E-state index contributed by atoms with van der Waals surface area (Å²) in [4.78, 5) is -0.307. The first kappa shape index (κ1) is 15.6. The van der Waals surface area contributed by atoms with Crippen LogP contribution in [0.4, 0.5) is 14.5 Å². The monoisotopic (exact) mass is 296 g/mol. The maximum absolute atomic E-state index is 12.8. The maximum atomic E-state index is 12.8. The molecule has 0 saturated carbocycles. The molecule has 6 nitrogen and oxygen atoms in total. The number of alkyl halides is 2. The molecule has 0 heterocycles. The lowest BCUT2D eigenvalue weighted by Gasteiger charge is -2.15. The van der Waals surface area contributed by atoms with E-state index in [9.17, 15) is 17.2 Å². The maximum Gasteiger partial charge on any atom is 0.283 e. The summed E-state index contributed by atoms with van der Waals surface area (Å²) in [6.07, 6.45) is 0. The molecule has 9 heteroatoms. The Kier molecular flexibility index (Phi) is 4.66. The molecule has 108 valence electrons. The van der Waals surface area contributed by atoms with E-state index in [-0.39, 0.29) is 16.3 Å². The highest BCUT2D eigenvalue weighted by atomic mass is 32.2. The summed E-state index contributed by atoms with van der Waals surface area (Å²) in [5, 5.41) is 8.37. The fourth-order valence-corrected chi connectivity index (χ4v) is 2.45. The number of halogens is 2. The molecule has 0 spiro atoms. The zero-order valence-electron chi connectivity index (χ0n) is 10.1. The normalized spacial score (nSPS) is 12.4. The molecule has 0 unspecified atom stereocenters. The third-order valence-electron chi connectivity index (χ3n) is 2.23. The summed E-state index contributed by atoms with van der Waals surface area (Å²) < 4.78 is 55.8. The predicted octanol–water partition coefficient (Wildman–Crippen LogP) is 0.183. The van der Waals surface area contributed by atoms with Gasteiger partial charge in [0.25, 0.3) is 5.92 Å². The van der Waals surface area contributed by atoms with Crippen molar-refractivity contribution in [2.45, 2.75) is 10.8 Å². The molecule has 1 rings (SSSR count). The Bertz CT molecular complexity index is 548. The summed E-state index contributed by atoms with van der Waals surface area (Å²) in [5.74, 6) is -3.59. The van der Waals surface area contributed by atoms with E-state index in [1.165, 1.54) is 19.2 Å². The zero-order valence-corrected chi connectivity index (χ0v) is 10.9. The minimum absolute atomic E-state index is 0.0557. The van der Waals surface area contributed by atoms with Crippen molar-refractivity contribution in [2.75, 3.05) is 26.0 Å². The number of hydrogen-bond donors (Lipinski definition) is 3. The average Bonchev–Trinajstić information content (AvgIpc) is 2.36. The van der Waals surface area contributed by atoms with Crippen LogP contribution >= 0.6 is 0 Å². The van der Waals surface area contributed by atoms with Crippen molar-refractivity contribution in [2.24, 2.45) is 0 Å². The quantitative estimate of drug-likeness (QED) is 0.650. The number of rotatable bonds is 6. The van der Waals surface area contributed by atoms with Gasteiger partial charge in [-0.25, -0.2) is 21.9 Å². The molecule has 0 radical (unpaired) electrons. The number of methoxy groups -OCH3 is 1. The minimum atomic E-state index is -4.18. The largest absolute Gasteiger partial charge is 0.495 e. The number of nitrogens with two attached hydrogens (primary N) is 1. The molecule has 0 aromatic heterocycles. The SMILES string of the molecule is COc1cc(N)ccc1S(=O)(=O)NCC(F)(F)CO. The predicted molar refractivity (Wildman–Crippen MR) is 64.6 cm³/mol. The highest BCUT2D eigenvalue weighted by Gasteiger charge is 2.31. The van der Waals surface area contributed by atoms with Crippen LogP contribution in [-0.2, 0) is 10.0 Å². The topological polar surface area (TPSA) is 102 Å². The van der Waals surface area contributed by atoms with Crippen molar-refractivity contribution in [3.8, 4) is 5.75 Å². The van der Waals surface area contributed by atoms with Gasteiger partial charge >= 0.3 is 0 Å². The van der Waals surface area contributed by atoms with Gasteiger partial charge in [-0.2, -0.15) is 0 Å². The van der Waals surface area contributed by atoms with Gasteiger partial charge in [0, 0.05) is 11.8 Å². The van der Waals surface area contributed by atoms with Gasteiger partial charge in [0.1, 0.15) is 17.3 Å². The average molecular weight is 296 g/mol. The molecule has 1 aromatic carbocycles. The molecule has 0 atom stereocenters. The number of nitrogen functional groups attached to an aromatic ring is 1.